The predicted octanol–water partition coefficient (Wildman–Crippen LogP) is 2.49. The molecule has 0 spiro atoms. The fourth-order valence-electron chi connectivity index (χ4n) is 1.88. The Bertz CT molecular complexity index is 704. The van der Waals surface area contributed by atoms with Crippen molar-refractivity contribution in [1.82, 2.24) is 20.2 Å². The molecule has 0 aliphatic heterocycles. The predicted molar refractivity (Wildman–Crippen MR) is 89.2 cm³/mol. The SMILES string of the molecule is Cn1nnnc1Sc1ccc(Br)cc1NC(=O)COCC1CC1. The van der Waals surface area contributed by atoms with E-state index in [4.69, 9.17) is 4.74 Å². The molecule has 0 saturated heterocycles. The molecule has 0 radical (unpaired) electrons. The summed E-state index contributed by atoms with van der Waals surface area (Å²) in [5, 5.41) is 14.9. The number of ether oxygens (including phenoxy) is 1. The molecule has 1 fully saturated rings. The Morgan fingerprint density at radius 3 is 3.04 bits per heavy atom. The summed E-state index contributed by atoms with van der Waals surface area (Å²) >= 11 is 4.81. The first kappa shape index (κ1) is 16.4. The highest BCUT2D eigenvalue weighted by Gasteiger charge is 2.21. The molecule has 1 aromatic carbocycles. The molecular weight excluding hydrogens is 382 g/mol. The topological polar surface area (TPSA) is 81.9 Å². The summed E-state index contributed by atoms with van der Waals surface area (Å²) in [5.41, 5.74) is 0.701. The zero-order chi connectivity index (χ0) is 16.2. The fourth-order valence-corrected chi connectivity index (χ4v) is 3.04. The van der Waals surface area contributed by atoms with Gasteiger partial charge in [-0.25, -0.2) is 4.68 Å². The standard InChI is InChI=1S/C14H16BrN5O2S/c1-20-14(17-18-19-20)23-12-5-4-10(15)6-11(12)16-13(21)8-22-7-9-2-3-9/h4-6,9H,2-3,7-8H2,1H3,(H,16,21). The third-order valence-electron chi connectivity index (χ3n) is 3.28. The Morgan fingerprint density at radius 1 is 1.52 bits per heavy atom. The number of rotatable bonds is 7. The van der Waals surface area contributed by atoms with Crippen LogP contribution < -0.4 is 5.32 Å². The second-order valence-electron chi connectivity index (χ2n) is 5.33. The van der Waals surface area contributed by atoms with Crippen LogP contribution in [0.25, 0.3) is 0 Å². The lowest BCUT2D eigenvalue weighted by Gasteiger charge is -2.11. The Kier molecular flexibility index (Phi) is 5.29. The number of hydrogen-bond acceptors (Lipinski definition) is 6. The first-order valence-corrected chi connectivity index (χ1v) is 8.80. The van der Waals surface area contributed by atoms with E-state index in [1.807, 2.05) is 18.2 Å². The van der Waals surface area contributed by atoms with E-state index in [1.54, 1.807) is 11.7 Å². The third-order valence-corrected chi connectivity index (χ3v) is 4.88. The van der Waals surface area contributed by atoms with Gasteiger partial charge < -0.3 is 10.1 Å². The molecule has 0 unspecified atom stereocenters. The van der Waals surface area contributed by atoms with E-state index < -0.39 is 0 Å². The van der Waals surface area contributed by atoms with Crippen molar-refractivity contribution in [3.05, 3.63) is 22.7 Å². The number of carbonyl (C=O) groups excluding carboxylic acids is 1. The number of aryl methyl sites for hydroxylation is 1. The van der Waals surface area contributed by atoms with Gasteiger partial charge in [-0.2, -0.15) is 0 Å². The van der Waals surface area contributed by atoms with Gasteiger partial charge in [-0.1, -0.05) is 15.9 Å². The Labute approximate surface area is 146 Å². The molecule has 1 saturated carbocycles. The minimum Gasteiger partial charge on any atom is -0.371 e. The van der Waals surface area contributed by atoms with E-state index in [9.17, 15) is 4.79 Å². The Morgan fingerprint density at radius 2 is 2.35 bits per heavy atom. The van der Waals surface area contributed by atoms with Gasteiger partial charge in [0.15, 0.2) is 0 Å². The van der Waals surface area contributed by atoms with Crippen LogP contribution in [-0.4, -0.2) is 39.3 Å². The molecule has 9 heteroatoms. The van der Waals surface area contributed by atoms with Gasteiger partial charge in [-0.05, 0) is 59.1 Å². The van der Waals surface area contributed by atoms with Crippen LogP contribution in [0.3, 0.4) is 0 Å². The number of hydrogen-bond donors (Lipinski definition) is 1. The Hall–Kier alpha value is -1.45. The maximum atomic E-state index is 12.0. The highest BCUT2D eigenvalue weighted by Crippen LogP contribution is 2.34. The molecule has 3 rings (SSSR count). The van der Waals surface area contributed by atoms with Crippen molar-refractivity contribution >= 4 is 39.3 Å². The second kappa shape index (κ2) is 7.41. The molecule has 2 aromatic rings. The minimum atomic E-state index is -0.165. The summed E-state index contributed by atoms with van der Waals surface area (Å²) in [4.78, 5) is 12.9. The fraction of sp³-hybridized carbons (Fsp3) is 0.429. The summed E-state index contributed by atoms with van der Waals surface area (Å²) in [7, 11) is 1.77. The van der Waals surface area contributed by atoms with Gasteiger partial charge in [0.1, 0.15) is 6.61 Å². The van der Waals surface area contributed by atoms with Gasteiger partial charge in [0.2, 0.25) is 11.1 Å². The highest BCUT2D eigenvalue weighted by molar-refractivity contribution is 9.10. The van der Waals surface area contributed by atoms with Crippen molar-refractivity contribution in [2.45, 2.75) is 22.9 Å². The lowest BCUT2D eigenvalue weighted by Crippen LogP contribution is -2.19. The smallest absolute Gasteiger partial charge is 0.250 e. The van der Waals surface area contributed by atoms with Crippen LogP contribution in [0.2, 0.25) is 0 Å². The highest BCUT2D eigenvalue weighted by atomic mass is 79.9. The quantitative estimate of drug-likeness (QED) is 0.772. The first-order valence-electron chi connectivity index (χ1n) is 7.19. The maximum Gasteiger partial charge on any atom is 0.250 e. The van der Waals surface area contributed by atoms with Gasteiger partial charge in [-0.3, -0.25) is 4.79 Å². The normalized spacial score (nSPS) is 14.0. The second-order valence-corrected chi connectivity index (χ2v) is 7.26. The first-order chi connectivity index (χ1) is 11.1. The molecule has 1 amide bonds. The van der Waals surface area contributed by atoms with Gasteiger partial charge >= 0.3 is 0 Å². The zero-order valence-electron chi connectivity index (χ0n) is 12.5. The molecule has 7 nitrogen and oxygen atoms in total. The minimum absolute atomic E-state index is 0.0681. The molecular formula is C14H16BrN5O2S. The summed E-state index contributed by atoms with van der Waals surface area (Å²) < 4.78 is 7.88. The molecule has 122 valence electrons. The van der Waals surface area contributed by atoms with Crippen molar-refractivity contribution in [1.29, 1.82) is 0 Å². The number of anilines is 1. The van der Waals surface area contributed by atoms with E-state index in [1.165, 1.54) is 24.6 Å². The summed E-state index contributed by atoms with van der Waals surface area (Å²) in [6.07, 6.45) is 2.42. The molecule has 1 aliphatic rings. The van der Waals surface area contributed by atoms with Crippen molar-refractivity contribution in [2.75, 3.05) is 18.5 Å². The van der Waals surface area contributed by atoms with Crippen LogP contribution in [0.15, 0.2) is 32.7 Å². The largest absolute Gasteiger partial charge is 0.371 e. The van der Waals surface area contributed by atoms with Gasteiger partial charge in [-0.15, -0.1) is 5.10 Å². The van der Waals surface area contributed by atoms with E-state index in [2.05, 4.69) is 36.8 Å². The molecule has 1 aromatic heterocycles. The van der Waals surface area contributed by atoms with E-state index in [-0.39, 0.29) is 12.5 Å². The number of carbonyl (C=O) groups is 1. The number of nitrogens with one attached hydrogen (secondary N) is 1. The molecule has 0 atom stereocenters. The van der Waals surface area contributed by atoms with Crippen molar-refractivity contribution in [3.63, 3.8) is 0 Å². The Balaban J connectivity index is 1.65. The van der Waals surface area contributed by atoms with Gasteiger partial charge in [0.05, 0.1) is 12.3 Å². The van der Waals surface area contributed by atoms with E-state index >= 15 is 0 Å². The van der Waals surface area contributed by atoms with Crippen molar-refractivity contribution in [2.24, 2.45) is 13.0 Å². The molecule has 1 aliphatic carbocycles. The van der Waals surface area contributed by atoms with Crippen molar-refractivity contribution in [3.8, 4) is 0 Å². The average molecular weight is 398 g/mol. The summed E-state index contributed by atoms with van der Waals surface area (Å²) in [5.74, 6) is 0.477. The number of tetrazole rings is 1. The van der Waals surface area contributed by atoms with Crippen LogP contribution in [0, 0.1) is 5.92 Å². The van der Waals surface area contributed by atoms with Crippen LogP contribution >= 0.6 is 27.7 Å². The van der Waals surface area contributed by atoms with Crippen molar-refractivity contribution < 1.29 is 9.53 Å². The summed E-state index contributed by atoms with van der Waals surface area (Å²) in [6.45, 7) is 0.733. The number of nitrogens with zero attached hydrogens (tertiary/aromatic N) is 4. The van der Waals surface area contributed by atoms with E-state index in [0.29, 0.717) is 23.4 Å². The van der Waals surface area contributed by atoms with Crippen LogP contribution in [0.4, 0.5) is 5.69 Å². The average Bonchev–Trinajstić information content (AvgIpc) is 3.24. The van der Waals surface area contributed by atoms with Gasteiger partial charge in [0.25, 0.3) is 0 Å². The molecule has 0 bridgehead atoms. The van der Waals surface area contributed by atoms with Gasteiger partial charge in [0, 0.05) is 16.4 Å². The number of amides is 1. The lowest BCUT2D eigenvalue weighted by atomic mass is 10.3. The molecule has 23 heavy (non-hydrogen) atoms. The number of aromatic nitrogens is 4. The van der Waals surface area contributed by atoms with Crippen LogP contribution in [0.5, 0.6) is 0 Å². The monoisotopic (exact) mass is 397 g/mol. The summed E-state index contributed by atoms with van der Waals surface area (Å²) in [6, 6.07) is 5.67. The third kappa shape index (κ3) is 4.76. The number of halogens is 1. The van der Waals surface area contributed by atoms with E-state index in [0.717, 1.165) is 9.37 Å². The maximum absolute atomic E-state index is 12.0. The molecule has 1 N–H and O–H groups in total. The lowest BCUT2D eigenvalue weighted by molar-refractivity contribution is -0.120. The molecule has 1 heterocycles. The van der Waals surface area contributed by atoms with Crippen LogP contribution in [-0.2, 0) is 16.6 Å². The number of benzene rings is 1. The van der Waals surface area contributed by atoms with Crippen LogP contribution in [0.1, 0.15) is 12.8 Å². The zero-order valence-corrected chi connectivity index (χ0v) is 14.9.